The lowest BCUT2D eigenvalue weighted by atomic mass is 10.4. The van der Waals surface area contributed by atoms with E-state index in [0.29, 0.717) is 13.1 Å². The minimum absolute atomic E-state index is 0.342. The minimum atomic E-state index is -0.342. The van der Waals surface area contributed by atoms with Crippen LogP contribution in [0.25, 0.3) is 0 Å². The van der Waals surface area contributed by atoms with Crippen molar-refractivity contribution in [2.24, 2.45) is 5.73 Å². The summed E-state index contributed by atoms with van der Waals surface area (Å²) in [4.78, 5) is 1.89. The van der Waals surface area contributed by atoms with E-state index in [-0.39, 0.29) is 6.17 Å². The second-order valence-corrected chi connectivity index (χ2v) is 2.14. The number of hydrogen-bond donors (Lipinski definition) is 1. The van der Waals surface area contributed by atoms with Crippen LogP contribution in [-0.2, 0) is 0 Å². The Kier molecular flexibility index (Phi) is 5.18. The fraction of sp³-hybridized carbons (Fsp3) is 0.333. The summed E-state index contributed by atoms with van der Waals surface area (Å²) in [6.45, 7) is 8.58. The lowest BCUT2D eigenvalue weighted by Crippen LogP contribution is -2.40. The Morgan fingerprint density at radius 3 is 2.18 bits per heavy atom. The predicted molar refractivity (Wildman–Crippen MR) is 48.8 cm³/mol. The van der Waals surface area contributed by atoms with Gasteiger partial charge in [-0.2, -0.15) is 0 Å². The van der Waals surface area contributed by atoms with E-state index < -0.39 is 0 Å². The zero-order valence-electron chi connectivity index (χ0n) is 6.66. The number of rotatable bonds is 5. The Hall–Kier alpha value is -1.04. The van der Waals surface area contributed by atoms with Crippen molar-refractivity contribution in [2.75, 3.05) is 13.1 Å². The SMILES string of the molecule is C#CC(N)N(CC=C)CC=C. The van der Waals surface area contributed by atoms with E-state index in [0.717, 1.165) is 0 Å². The van der Waals surface area contributed by atoms with Crippen LogP contribution in [0.2, 0.25) is 0 Å². The summed E-state index contributed by atoms with van der Waals surface area (Å²) in [5.41, 5.74) is 5.58. The summed E-state index contributed by atoms with van der Waals surface area (Å²) >= 11 is 0. The highest BCUT2D eigenvalue weighted by atomic mass is 15.2. The van der Waals surface area contributed by atoms with Crippen LogP contribution in [0, 0.1) is 12.3 Å². The number of terminal acetylenes is 1. The molecule has 0 fully saturated rings. The van der Waals surface area contributed by atoms with Crippen LogP contribution in [0.5, 0.6) is 0 Å². The Balaban J connectivity index is 3.98. The molecule has 11 heavy (non-hydrogen) atoms. The van der Waals surface area contributed by atoms with Crippen molar-refractivity contribution in [1.29, 1.82) is 0 Å². The molecule has 2 N–H and O–H groups in total. The van der Waals surface area contributed by atoms with E-state index in [2.05, 4.69) is 19.1 Å². The molecular weight excluding hydrogens is 136 g/mol. The van der Waals surface area contributed by atoms with E-state index in [1.807, 2.05) is 4.90 Å². The summed E-state index contributed by atoms with van der Waals surface area (Å²) in [7, 11) is 0. The third-order valence-electron chi connectivity index (χ3n) is 1.29. The van der Waals surface area contributed by atoms with Crippen molar-refractivity contribution >= 4 is 0 Å². The predicted octanol–water partition coefficient (Wildman–Crippen LogP) is 0.578. The summed E-state index contributed by atoms with van der Waals surface area (Å²) in [5.74, 6) is 2.44. The molecule has 0 aromatic heterocycles. The first-order valence-corrected chi connectivity index (χ1v) is 3.43. The van der Waals surface area contributed by atoms with E-state index in [1.54, 1.807) is 12.2 Å². The van der Waals surface area contributed by atoms with Crippen LogP contribution in [0.15, 0.2) is 25.3 Å². The van der Waals surface area contributed by atoms with E-state index in [9.17, 15) is 0 Å². The van der Waals surface area contributed by atoms with Gasteiger partial charge in [0.25, 0.3) is 0 Å². The van der Waals surface area contributed by atoms with Crippen molar-refractivity contribution in [2.45, 2.75) is 6.17 Å². The summed E-state index contributed by atoms with van der Waals surface area (Å²) < 4.78 is 0. The van der Waals surface area contributed by atoms with E-state index in [1.165, 1.54) is 0 Å². The molecule has 0 aliphatic rings. The first-order valence-electron chi connectivity index (χ1n) is 3.43. The second kappa shape index (κ2) is 5.72. The maximum Gasteiger partial charge on any atom is 0.121 e. The monoisotopic (exact) mass is 150 g/mol. The first kappa shape index (κ1) is 9.96. The van der Waals surface area contributed by atoms with Gasteiger partial charge in [-0.05, 0) is 0 Å². The van der Waals surface area contributed by atoms with Gasteiger partial charge in [-0.3, -0.25) is 4.90 Å². The van der Waals surface area contributed by atoms with Crippen molar-refractivity contribution < 1.29 is 0 Å². The third-order valence-corrected chi connectivity index (χ3v) is 1.29. The van der Waals surface area contributed by atoms with Crippen LogP contribution in [-0.4, -0.2) is 24.2 Å². The fourth-order valence-corrected chi connectivity index (χ4v) is 0.739. The summed E-state index contributed by atoms with van der Waals surface area (Å²) in [6, 6.07) is 0. The Bertz CT molecular complexity index is 157. The van der Waals surface area contributed by atoms with Crippen LogP contribution < -0.4 is 5.73 Å². The third kappa shape index (κ3) is 3.61. The lowest BCUT2D eigenvalue weighted by molar-refractivity contribution is 0.294. The van der Waals surface area contributed by atoms with Crippen molar-refractivity contribution in [1.82, 2.24) is 4.90 Å². The zero-order valence-corrected chi connectivity index (χ0v) is 6.66. The smallest absolute Gasteiger partial charge is 0.121 e. The summed E-state index contributed by atoms with van der Waals surface area (Å²) in [6.07, 6.45) is 8.34. The van der Waals surface area contributed by atoms with Crippen molar-refractivity contribution in [3.63, 3.8) is 0 Å². The van der Waals surface area contributed by atoms with Gasteiger partial charge in [-0.15, -0.1) is 19.6 Å². The molecule has 0 aliphatic carbocycles. The molecule has 0 radical (unpaired) electrons. The highest BCUT2D eigenvalue weighted by Crippen LogP contribution is 1.92. The van der Waals surface area contributed by atoms with Crippen molar-refractivity contribution in [3.8, 4) is 12.3 Å². The molecule has 0 aromatic carbocycles. The molecule has 0 aliphatic heterocycles. The van der Waals surface area contributed by atoms with Gasteiger partial charge in [-0.1, -0.05) is 18.1 Å². The van der Waals surface area contributed by atoms with E-state index >= 15 is 0 Å². The number of hydrogen-bond acceptors (Lipinski definition) is 2. The van der Waals surface area contributed by atoms with Gasteiger partial charge in [0.05, 0.1) is 0 Å². The Morgan fingerprint density at radius 1 is 1.45 bits per heavy atom. The second-order valence-electron chi connectivity index (χ2n) is 2.14. The molecule has 2 heteroatoms. The molecule has 0 saturated heterocycles. The highest BCUT2D eigenvalue weighted by molar-refractivity contribution is 4.98. The molecule has 1 unspecified atom stereocenters. The maximum absolute atomic E-state index is 5.58. The standard InChI is InChI=1S/C9H14N2/c1-4-7-11(8-5-2)9(10)6-3/h3-5,9H,1-2,7-8,10H2. The molecule has 60 valence electrons. The molecule has 0 amide bonds. The van der Waals surface area contributed by atoms with Crippen molar-refractivity contribution in [3.05, 3.63) is 25.3 Å². The van der Waals surface area contributed by atoms with Gasteiger partial charge in [0.15, 0.2) is 0 Å². The van der Waals surface area contributed by atoms with Crippen LogP contribution in [0.3, 0.4) is 0 Å². The largest absolute Gasteiger partial charge is 0.305 e. The topological polar surface area (TPSA) is 29.3 Å². The Labute approximate surface area is 68.4 Å². The molecule has 0 bridgehead atoms. The van der Waals surface area contributed by atoms with E-state index in [4.69, 9.17) is 12.2 Å². The molecule has 1 atom stereocenters. The molecule has 2 nitrogen and oxygen atoms in total. The average Bonchev–Trinajstić information content (AvgIpc) is 2.03. The van der Waals surface area contributed by atoms with Gasteiger partial charge in [0.1, 0.15) is 6.17 Å². The molecule has 0 aromatic rings. The first-order chi connectivity index (χ1) is 5.26. The molecule has 0 spiro atoms. The number of nitrogens with two attached hydrogens (primary N) is 1. The highest BCUT2D eigenvalue weighted by Gasteiger charge is 2.06. The van der Waals surface area contributed by atoms with Crippen LogP contribution in [0.1, 0.15) is 0 Å². The van der Waals surface area contributed by atoms with Crippen LogP contribution in [0.4, 0.5) is 0 Å². The fourth-order valence-electron chi connectivity index (χ4n) is 0.739. The quantitative estimate of drug-likeness (QED) is 0.353. The normalized spacial score (nSPS) is 12.1. The maximum atomic E-state index is 5.58. The lowest BCUT2D eigenvalue weighted by Gasteiger charge is -2.21. The molecule has 0 heterocycles. The zero-order chi connectivity index (χ0) is 8.69. The van der Waals surface area contributed by atoms with Gasteiger partial charge in [0.2, 0.25) is 0 Å². The number of nitrogens with zero attached hydrogens (tertiary/aromatic N) is 1. The molecular formula is C9H14N2. The van der Waals surface area contributed by atoms with Crippen LogP contribution >= 0.6 is 0 Å². The Morgan fingerprint density at radius 2 is 1.91 bits per heavy atom. The molecule has 0 rings (SSSR count). The summed E-state index contributed by atoms with van der Waals surface area (Å²) in [5, 5.41) is 0. The van der Waals surface area contributed by atoms with Gasteiger partial charge in [-0.25, -0.2) is 0 Å². The van der Waals surface area contributed by atoms with Gasteiger partial charge in [0, 0.05) is 13.1 Å². The van der Waals surface area contributed by atoms with Gasteiger partial charge >= 0.3 is 0 Å². The van der Waals surface area contributed by atoms with Gasteiger partial charge < -0.3 is 5.73 Å². The molecule has 0 saturated carbocycles. The minimum Gasteiger partial charge on any atom is -0.305 e. The average molecular weight is 150 g/mol.